The first-order valence-corrected chi connectivity index (χ1v) is 6.12. The molecule has 0 saturated carbocycles. The lowest BCUT2D eigenvalue weighted by Crippen LogP contribution is -1.82. The molecule has 0 aliphatic heterocycles. The summed E-state index contributed by atoms with van der Waals surface area (Å²) in [5.74, 6) is 0.102. The van der Waals surface area contributed by atoms with Crippen molar-refractivity contribution in [2.75, 3.05) is 0 Å². The third kappa shape index (κ3) is 3.55. The van der Waals surface area contributed by atoms with Crippen LogP contribution in [0.4, 0.5) is 0 Å². The lowest BCUT2D eigenvalue weighted by Gasteiger charge is -2.01. The Kier molecular flexibility index (Phi) is 3.81. The SMILES string of the molecule is Cc1cc(C)cc(/C=C/c2cc(O)cc(C=O)c2)c1. The molecular weight excluding hydrogens is 236 g/mol. The van der Waals surface area contributed by atoms with Crippen LogP contribution in [0.25, 0.3) is 12.2 Å². The smallest absolute Gasteiger partial charge is 0.150 e. The lowest BCUT2D eigenvalue weighted by atomic mass is 10.1. The molecule has 0 fully saturated rings. The monoisotopic (exact) mass is 252 g/mol. The second kappa shape index (κ2) is 5.53. The predicted octanol–water partition coefficient (Wildman–Crippen LogP) is 3.99. The molecule has 0 aromatic heterocycles. The number of carbonyl (C=O) groups excluding carboxylic acids is 1. The van der Waals surface area contributed by atoms with E-state index in [1.165, 1.54) is 17.2 Å². The molecule has 2 aromatic rings. The van der Waals surface area contributed by atoms with Gasteiger partial charge in [-0.2, -0.15) is 0 Å². The second-order valence-electron chi connectivity index (χ2n) is 4.73. The molecule has 0 bridgehead atoms. The van der Waals surface area contributed by atoms with Gasteiger partial charge in [0.2, 0.25) is 0 Å². The van der Waals surface area contributed by atoms with Crippen LogP contribution in [0.15, 0.2) is 36.4 Å². The van der Waals surface area contributed by atoms with Gasteiger partial charge in [-0.3, -0.25) is 4.79 Å². The maximum atomic E-state index is 10.7. The van der Waals surface area contributed by atoms with Crippen LogP contribution in [0.3, 0.4) is 0 Å². The molecule has 0 aliphatic carbocycles. The Morgan fingerprint density at radius 1 is 0.789 bits per heavy atom. The van der Waals surface area contributed by atoms with E-state index in [0.717, 1.165) is 17.4 Å². The zero-order chi connectivity index (χ0) is 13.8. The van der Waals surface area contributed by atoms with Crippen LogP contribution in [0, 0.1) is 13.8 Å². The van der Waals surface area contributed by atoms with Crippen LogP contribution in [0.1, 0.15) is 32.6 Å². The molecule has 96 valence electrons. The molecule has 0 saturated heterocycles. The van der Waals surface area contributed by atoms with E-state index in [2.05, 4.69) is 32.0 Å². The van der Waals surface area contributed by atoms with Crippen LogP contribution in [0.5, 0.6) is 5.75 Å². The number of aromatic hydroxyl groups is 1. The van der Waals surface area contributed by atoms with Gasteiger partial charge in [0.15, 0.2) is 0 Å². The molecule has 0 radical (unpaired) electrons. The van der Waals surface area contributed by atoms with Gasteiger partial charge in [-0.15, -0.1) is 0 Å². The minimum atomic E-state index is 0.102. The number of carbonyl (C=O) groups is 1. The van der Waals surface area contributed by atoms with Crippen molar-refractivity contribution in [1.29, 1.82) is 0 Å². The summed E-state index contributed by atoms with van der Waals surface area (Å²) in [4.78, 5) is 10.7. The van der Waals surface area contributed by atoms with Gasteiger partial charge in [-0.1, -0.05) is 41.5 Å². The highest BCUT2D eigenvalue weighted by atomic mass is 16.3. The number of aryl methyl sites for hydroxylation is 2. The molecule has 2 heteroatoms. The van der Waals surface area contributed by atoms with Crippen molar-refractivity contribution in [2.45, 2.75) is 13.8 Å². The normalized spacial score (nSPS) is 10.8. The molecule has 0 unspecified atom stereocenters. The number of hydrogen-bond acceptors (Lipinski definition) is 2. The van der Waals surface area contributed by atoms with Gasteiger partial charge in [-0.05, 0) is 43.2 Å². The Morgan fingerprint density at radius 2 is 1.32 bits per heavy atom. The van der Waals surface area contributed by atoms with Crippen LogP contribution >= 0.6 is 0 Å². The van der Waals surface area contributed by atoms with E-state index in [1.54, 1.807) is 12.1 Å². The zero-order valence-electron chi connectivity index (χ0n) is 11.1. The highest BCUT2D eigenvalue weighted by Crippen LogP contribution is 2.18. The average Bonchev–Trinajstić information content (AvgIpc) is 2.34. The Hall–Kier alpha value is -2.35. The van der Waals surface area contributed by atoms with Gasteiger partial charge in [0.05, 0.1) is 0 Å². The summed E-state index contributed by atoms with van der Waals surface area (Å²) >= 11 is 0. The fourth-order valence-electron chi connectivity index (χ4n) is 2.12. The molecule has 1 N–H and O–H groups in total. The Balaban J connectivity index is 2.31. The van der Waals surface area contributed by atoms with Crippen molar-refractivity contribution in [3.8, 4) is 5.75 Å². The quantitative estimate of drug-likeness (QED) is 0.662. The summed E-state index contributed by atoms with van der Waals surface area (Å²) in [6.07, 6.45) is 4.60. The van der Waals surface area contributed by atoms with Gasteiger partial charge in [0.1, 0.15) is 12.0 Å². The third-order valence-corrected chi connectivity index (χ3v) is 2.81. The largest absolute Gasteiger partial charge is 0.508 e. The predicted molar refractivity (Wildman–Crippen MR) is 78.3 cm³/mol. The molecule has 2 aromatic carbocycles. The molecule has 2 nitrogen and oxygen atoms in total. The van der Waals surface area contributed by atoms with Gasteiger partial charge in [-0.25, -0.2) is 0 Å². The van der Waals surface area contributed by atoms with E-state index in [9.17, 15) is 9.90 Å². The number of hydrogen-bond donors (Lipinski definition) is 1. The van der Waals surface area contributed by atoms with E-state index in [1.807, 2.05) is 12.2 Å². The third-order valence-electron chi connectivity index (χ3n) is 2.81. The van der Waals surface area contributed by atoms with Crippen molar-refractivity contribution in [1.82, 2.24) is 0 Å². The molecule has 0 aliphatic rings. The van der Waals surface area contributed by atoms with E-state index in [4.69, 9.17) is 0 Å². The highest BCUT2D eigenvalue weighted by Gasteiger charge is 1.97. The molecule has 0 heterocycles. The van der Waals surface area contributed by atoms with Crippen LogP contribution in [-0.4, -0.2) is 11.4 Å². The van der Waals surface area contributed by atoms with Crippen molar-refractivity contribution >= 4 is 18.4 Å². The number of phenols is 1. The van der Waals surface area contributed by atoms with Crippen LogP contribution < -0.4 is 0 Å². The van der Waals surface area contributed by atoms with E-state index < -0.39 is 0 Å². The average molecular weight is 252 g/mol. The number of aldehydes is 1. The van der Waals surface area contributed by atoms with E-state index >= 15 is 0 Å². The van der Waals surface area contributed by atoms with Crippen molar-refractivity contribution in [3.05, 3.63) is 64.2 Å². The first kappa shape index (κ1) is 13.1. The maximum Gasteiger partial charge on any atom is 0.150 e. The minimum Gasteiger partial charge on any atom is -0.508 e. The Labute approximate surface area is 113 Å². The summed E-state index contributed by atoms with van der Waals surface area (Å²) in [7, 11) is 0. The lowest BCUT2D eigenvalue weighted by molar-refractivity contribution is 0.112. The first-order valence-electron chi connectivity index (χ1n) is 6.12. The fourth-order valence-corrected chi connectivity index (χ4v) is 2.12. The number of benzene rings is 2. The molecule has 19 heavy (non-hydrogen) atoms. The topological polar surface area (TPSA) is 37.3 Å². The Morgan fingerprint density at radius 3 is 1.89 bits per heavy atom. The van der Waals surface area contributed by atoms with E-state index in [0.29, 0.717) is 5.56 Å². The van der Waals surface area contributed by atoms with Crippen molar-refractivity contribution in [2.24, 2.45) is 0 Å². The van der Waals surface area contributed by atoms with Crippen LogP contribution in [-0.2, 0) is 0 Å². The molecule has 0 atom stereocenters. The van der Waals surface area contributed by atoms with Gasteiger partial charge >= 0.3 is 0 Å². The maximum absolute atomic E-state index is 10.7. The second-order valence-corrected chi connectivity index (χ2v) is 4.73. The minimum absolute atomic E-state index is 0.102. The zero-order valence-corrected chi connectivity index (χ0v) is 11.1. The van der Waals surface area contributed by atoms with Crippen LogP contribution in [0.2, 0.25) is 0 Å². The van der Waals surface area contributed by atoms with Gasteiger partial charge in [0.25, 0.3) is 0 Å². The summed E-state index contributed by atoms with van der Waals surface area (Å²) in [5.41, 5.74) is 4.81. The van der Waals surface area contributed by atoms with Crippen molar-refractivity contribution in [3.63, 3.8) is 0 Å². The van der Waals surface area contributed by atoms with E-state index in [-0.39, 0.29) is 5.75 Å². The standard InChI is InChI=1S/C17H16O2/c1-12-5-13(2)7-14(6-12)3-4-15-8-16(11-18)10-17(19)9-15/h3-11,19H,1-2H3/b4-3+. The highest BCUT2D eigenvalue weighted by molar-refractivity contribution is 5.79. The summed E-state index contributed by atoms with van der Waals surface area (Å²) in [6, 6.07) is 11.1. The molecule has 0 spiro atoms. The molecule has 2 rings (SSSR count). The molecular formula is C17H16O2. The van der Waals surface area contributed by atoms with Gasteiger partial charge in [0, 0.05) is 5.56 Å². The van der Waals surface area contributed by atoms with Crippen molar-refractivity contribution < 1.29 is 9.90 Å². The summed E-state index contributed by atoms with van der Waals surface area (Å²) in [6.45, 7) is 4.12. The summed E-state index contributed by atoms with van der Waals surface area (Å²) in [5, 5.41) is 9.52. The summed E-state index contributed by atoms with van der Waals surface area (Å²) < 4.78 is 0. The van der Waals surface area contributed by atoms with Gasteiger partial charge < -0.3 is 5.11 Å². The number of phenolic OH excluding ortho intramolecular Hbond substituents is 1. The fraction of sp³-hybridized carbons (Fsp3) is 0.118. The first-order chi connectivity index (χ1) is 9.06. The molecule has 0 amide bonds. The Bertz CT molecular complexity index is 619. The number of rotatable bonds is 3.